The van der Waals surface area contributed by atoms with Crippen LogP contribution in [0.1, 0.15) is 43.8 Å². The highest BCUT2D eigenvalue weighted by Gasteiger charge is 2.16. The van der Waals surface area contributed by atoms with Gasteiger partial charge >= 0.3 is 0 Å². The van der Waals surface area contributed by atoms with Crippen LogP contribution in [-0.2, 0) is 0 Å². The van der Waals surface area contributed by atoms with Gasteiger partial charge < -0.3 is 5.11 Å². The first kappa shape index (κ1) is 11.5. The Bertz CT molecular complexity index is 265. The summed E-state index contributed by atoms with van der Waals surface area (Å²) in [6, 6.07) is 2.02. The molecule has 1 heterocycles. The van der Waals surface area contributed by atoms with Gasteiger partial charge in [0.25, 0.3) is 0 Å². The van der Waals surface area contributed by atoms with Crippen LogP contribution in [0.15, 0.2) is 16.8 Å². The van der Waals surface area contributed by atoms with Gasteiger partial charge in [0.2, 0.25) is 0 Å². The lowest BCUT2D eigenvalue weighted by Crippen LogP contribution is -2.11. The molecule has 1 nitrogen and oxygen atoms in total. The Balaban J connectivity index is 1.73. The lowest BCUT2D eigenvalue weighted by Gasteiger charge is -2.22. The van der Waals surface area contributed by atoms with Gasteiger partial charge in [-0.05, 0) is 35.2 Å². The molecular formula is C12H18OS2. The predicted molar refractivity (Wildman–Crippen MR) is 68.6 cm³/mol. The van der Waals surface area contributed by atoms with Gasteiger partial charge in [-0.25, -0.2) is 0 Å². The summed E-state index contributed by atoms with van der Waals surface area (Å²) in [5.74, 6) is 0.862. The zero-order chi connectivity index (χ0) is 10.5. The monoisotopic (exact) mass is 242 g/mol. The summed E-state index contributed by atoms with van der Waals surface area (Å²) < 4.78 is 0. The summed E-state index contributed by atoms with van der Waals surface area (Å²) in [5.41, 5.74) is 1.09. The summed E-state index contributed by atoms with van der Waals surface area (Å²) in [4.78, 5) is 0. The van der Waals surface area contributed by atoms with Crippen molar-refractivity contribution < 1.29 is 5.11 Å². The highest BCUT2D eigenvalue weighted by molar-refractivity contribution is 7.99. The smallest absolute Gasteiger partial charge is 0.0888 e. The Morgan fingerprint density at radius 3 is 2.87 bits per heavy atom. The zero-order valence-corrected chi connectivity index (χ0v) is 10.5. The highest BCUT2D eigenvalue weighted by Crippen LogP contribution is 2.31. The van der Waals surface area contributed by atoms with E-state index in [0.717, 1.165) is 16.6 Å². The molecule has 1 saturated carbocycles. The van der Waals surface area contributed by atoms with Crippen molar-refractivity contribution >= 4 is 23.1 Å². The Labute approximate surface area is 99.9 Å². The minimum absolute atomic E-state index is 0.261. The second-order valence-electron chi connectivity index (χ2n) is 4.17. The Hall–Kier alpha value is 0.01000. The summed E-state index contributed by atoms with van der Waals surface area (Å²) in [6.45, 7) is 0. The van der Waals surface area contributed by atoms with E-state index < -0.39 is 0 Å². The maximum absolute atomic E-state index is 9.93. The average molecular weight is 242 g/mol. The molecule has 84 valence electrons. The third-order valence-corrected chi connectivity index (χ3v) is 5.12. The van der Waals surface area contributed by atoms with E-state index in [1.807, 2.05) is 28.6 Å². The molecular weight excluding hydrogens is 224 g/mol. The third kappa shape index (κ3) is 3.51. The predicted octanol–water partition coefficient (Wildman–Crippen LogP) is 3.85. The summed E-state index contributed by atoms with van der Waals surface area (Å²) >= 11 is 3.62. The number of thioether (sulfide) groups is 1. The number of aliphatic hydroxyl groups is 1. The van der Waals surface area contributed by atoms with Gasteiger partial charge in [-0.2, -0.15) is 23.1 Å². The standard InChI is InChI=1S/C12H18OS2/c13-12(10-6-7-14-8-10)9-15-11-4-2-1-3-5-11/h6-8,11-13H,1-5,9H2. The first-order valence-electron chi connectivity index (χ1n) is 5.68. The molecule has 0 amide bonds. The molecule has 15 heavy (non-hydrogen) atoms. The molecule has 0 aromatic carbocycles. The fraction of sp³-hybridized carbons (Fsp3) is 0.667. The fourth-order valence-corrected chi connectivity index (χ4v) is 4.04. The van der Waals surface area contributed by atoms with Crippen LogP contribution < -0.4 is 0 Å². The van der Waals surface area contributed by atoms with Gasteiger partial charge in [-0.15, -0.1) is 0 Å². The van der Waals surface area contributed by atoms with Crippen LogP contribution in [0.5, 0.6) is 0 Å². The molecule has 0 radical (unpaired) electrons. The summed E-state index contributed by atoms with van der Waals surface area (Å²) in [7, 11) is 0. The Kier molecular flexibility index (Phi) is 4.54. The van der Waals surface area contributed by atoms with E-state index in [-0.39, 0.29) is 6.10 Å². The Morgan fingerprint density at radius 1 is 1.40 bits per heavy atom. The molecule has 0 spiro atoms. The normalized spacial score (nSPS) is 20.3. The van der Waals surface area contributed by atoms with Crippen LogP contribution in [0.2, 0.25) is 0 Å². The van der Waals surface area contributed by atoms with Crippen molar-refractivity contribution in [1.82, 2.24) is 0 Å². The van der Waals surface area contributed by atoms with E-state index in [4.69, 9.17) is 0 Å². The zero-order valence-electron chi connectivity index (χ0n) is 8.89. The minimum atomic E-state index is -0.261. The summed E-state index contributed by atoms with van der Waals surface area (Å²) in [5, 5.41) is 14.8. The molecule has 0 bridgehead atoms. The van der Waals surface area contributed by atoms with Crippen molar-refractivity contribution in [3.63, 3.8) is 0 Å². The third-order valence-electron chi connectivity index (χ3n) is 2.97. The van der Waals surface area contributed by atoms with Gasteiger partial charge in [0, 0.05) is 11.0 Å². The molecule has 1 aliphatic carbocycles. The topological polar surface area (TPSA) is 20.2 Å². The number of thiophene rings is 1. The van der Waals surface area contributed by atoms with Gasteiger partial charge in [0.05, 0.1) is 6.10 Å². The highest BCUT2D eigenvalue weighted by atomic mass is 32.2. The van der Waals surface area contributed by atoms with E-state index in [9.17, 15) is 5.11 Å². The van der Waals surface area contributed by atoms with Crippen LogP contribution in [-0.4, -0.2) is 16.1 Å². The van der Waals surface area contributed by atoms with Crippen molar-refractivity contribution in [2.75, 3.05) is 5.75 Å². The number of hydrogen-bond acceptors (Lipinski definition) is 3. The van der Waals surface area contributed by atoms with Crippen molar-refractivity contribution in [2.45, 2.75) is 43.5 Å². The quantitative estimate of drug-likeness (QED) is 0.865. The molecule has 0 aliphatic heterocycles. The number of aliphatic hydroxyl groups excluding tert-OH is 1. The summed E-state index contributed by atoms with van der Waals surface area (Å²) in [6.07, 6.45) is 6.60. The van der Waals surface area contributed by atoms with Gasteiger partial charge in [0.1, 0.15) is 0 Å². The second-order valence-corrected chi connectivity index (χ2v) is 6.28. The van der Waals surface area contributed by atoms with Crippen LogP contribution >= 0.6 is 23.1 Å². The van der Waals surface area contributed by atoms with Gasteiger partial charge in [0.15, 0.2) is 0 Å². The van der Waals surface area contributed by atoms with E-state index in [1.54, 1.807) is 11.3 Å². The largest absolute Gasteiger partial charge is 0.388 e. The maximum Gasteiger partial charge on any atom is 0.0888 e. The van der Waals surface area contributed by atoms with Crippen LogP contribution in [0.3, 0.4) is 0 Å². The van der Waals surface area contributed by atoms with Crippen molar-refractivity contribution in [2.24, 2.45) is 0 Å². The first-order chi connectivity index (χ1) is 7.36. The van der Waals surface area contributed by atoms with Crippen molar-refractivity contribution in [1.29, 1.82) is 0 Å². The molecule has 1 aliphatic rings. The lowest BCUT2D eigenvalue weighted by atomic mass is 10.0. The molecule has 1 aromatic rings. The molecule has 1 N–H and O–H groups in total. The van der Waals surface area contributed by atoms with E-state index in [2.05, 4.69) is 0 Å². The lowest BCUT2D eigenvalue weighted by molar-refractivity contribution is 0.204. The molecule has 0 saturated heterocycles. The second kappa shape index (κ2) is 5.92. The van der Waals surface area contributed by atoms with E-state index in [0.29, 0.717) is 0 Å². The first-order valence-corrected chi connectivity index (χ1v) is 7.67. The van der Waals surface area contributed by atoms with Crippen LogP contribution in [0, 0.1) is 0 Å². The van der Waals surface area contributed by atoms with Gasteiger partial charge in [-0.1, -0.05) is 19.3 Å². The van der Waals surface area contributed by atoms with Gasteiger partial charge in [-0.3, -0.25) is 0 Å². The number of hydrogen-bond donors (Lipinski definition) is 1. The van der Waals surface area contributed by atoms with Crippen LogP contribution in [0.25, 0.3) is 0 Å². The van der Waals surface area contributed by atoms with E-state index >= 15 is 0 Å². The van der Waals surface area contributed by atoms with E-state index in [1.165, 1.54) is 32.1 Å². The molecule has 1 fully saturated rings. The molecule has 1 atom stereocenters. The van der Waals surface area contributed by atoms with Crippen molar-refractivity contribution in [3.8, 4) is 0 Å². The molecule has 3 heteroatoms. The fourth-order valence-electron chi connectivity index (χ4n) is 2.02. The SMILES string of the molecule is OC(CSC1CCCCC1)c1ccsc1. The minimum Gasteiger partial charge on any atom is -0.388 e. The number of rotatable bonds is 4. The molecule has 2 rings (SSSR count). The van der Waals surface area contributed by atoms with Crippen molar-refractivity contribution in [3.05, 3.63) is 22.4 Å². The molecule has 1 aromatic heterocycles. The molecule has 1 unspecified atom stereocenters. The van der Waals surface area contributed by atoms with Crippen LogP contribution in [0.4, 0.5) is 0 Å². The Morgan fingerprint density at radius 2 is 2.20 bits per heavy atom. The average Bonchev–Trinajstić information content (AvgIpc) is 2.81. The maximum atomic E-state index is 9.93.